The second-order valence-corrected chi connectivity index (χ2v) is 8.15. The van der Waals surface area contributed by atoms with Crippen molar-refractivity contribution in [3.63, 3.8) is 0 Å². The molecule has 0 bridgehead atoms. The third kappa shape index (κ3) is 7.53. The van der Waals surface area contributed by atoms with Gasteiger partial charge in [0.05, 0.1) is 13.1 Å². The minimum Gasteiger partial charge on any atom is -0.357 e. The number of nitrogens with zero attached hydrogens (tertiary/aromatic N) is 5. The number of likely N-dealkylation sites (tertiary alicyclic amines) is 1. The lowest BCUT2D eigenvalue weighted by Gasteiger charge is -2.26. The van der Waals surface area contributed by atoms with E-state index >= 15 is 0 Å². The average molecular weight is 560 g/mol. The SMILES string of the molecule is CCNC(=NCc1ccc(CN2CCCCC2)cc1)NCc1nncn1-c1ccccc1.I. The van der Waals surface area contributed by atoms with E-state index < -0.39 is 0 Å². The number of benzene rings is 2. The molecule has 1 aliphatic rings. The van der Waals surface area contributed by atoms with Gasteiger partial charge in [-0.1, -0.05) is 48.9 Å². The fraction of sp³-hybridized carbons (Fsp3) is 0.400. The van der Waals surface area contributed by atoms with Crippen LogP contribution in [0.25, 0.3) is 5.69 Å². The number of nitrogens with one attached hydrogen (secondary N) is 2. The highest BCUT2D eigenvalue weighted by Crippen LogP contribution is 2.14. The predicted molar refractivity (Wildman–Crippen MR) is 144 cm³/mol. The largest absolute Gasteiger partial charge is 0.357 e. The first-order valence-corrected chi connectivity index (χ1v) is 11.6. The van der Waals surface area contributed by atoms with Crippen molar-refractivity contribution in [1.82, 2.24) is 30.3 Å². The summed E-state index contributed by atoms with van der Waals surface area (Å²) < 4.78 is 1.98. The van der Waals surface area contributed by atoms with Crippen LogP contribution in [0, 0.1) is 0 Å². The number of rotatable bonds is 8. The van der Waals surface area contributed by atoms with Gasteiger partial charge in [-0.05, 0) is 56.1 Å². The third-order valence-corrected chi connectivity index (χ3v) is 5.71. The van der Waals surface area contributed by atoms with Crippen LogP contribution in [-0.4, -0.2) is 45.3 Å². The topological polar surface area (TPSA) is 70.4 Å². The van der Waals surface area contributed by atoms with Crippen molar-refractivity contribution in [2.24, 2.45) is 4.99 Å². The highest BCUT2D eigenvalue weighted by atomic mass is 127. The molecule has 2 heterocycles. The molecule has 2 aromatic carbocycles. The molecule has 4 rings (SSSR count). The Hall–Kier alpha value is -2.46. The normalized spacial score (nSPS) is 14.5. The number of aromatic nitrogens is 3. The lowest BCUT2D eigenvalue weighted by Crippen LogP contribution is -2.37. The number of guanidine groups is 1. The van der Waals surface area contributed by atoms with Crippen LogP contribution < -0.4 is 10.6 Å². The predicted octanol–water partition coefficient (Wildman–Crippen LogP) is 4.13. The highest BCUT2D eigenvalue weighted by molar-refractivity contribution is 14.0. The molecule has 1 aromatic heterocycles. The standard InChI is InChI=1S/C25H33N7.HI/c1-2-26-25(28-18-24-30-29-20-32(24)23-9-5-3-6-10-23)27-17-21-11-13-22(14-12-21)19-31-15-7-4-8-16-31;/h3,5-6,9-14,20H,2,4,7-8,15-19H2,1H3,(H2,26,27,28);1H. The van der Waals surface area contributed by atoms with Crippen molar-refractivity contribution in [3.05, 3.63) is 77.9 Å². The van der Waals surface area contributed by atoms with Gasteiger partial charge < -0.3 is 10.6 Å². The van der Waals surface area contributed by atoms with Crippen LogP contribution in [0.2, 0.25) is 0 Å². The van der Waals surface area contributed by atoms with Gasteiger partial charge in [0.2, 0.25) is 0 Å². The van der Waals surface area contributed by atoms with Crippen molar-refractivity contribution < 1.29 is 0 Å². The zero-order chi connectivity index (χ0) is 22.0. The Bertz CT molecular complexity index is 980. The van der Waals surface area contributed by atoms with E-state index in [4.69, 9.17) is 4.99 Å². The van der Waals surface area contributed by atoms with Gasteiger partial charge in [0, 0.05) is 18.8 Å². The summed E-state index contributed by atoms with van der Waals surface area (Å²) in [4.78, 5) is 7.31. The maximum Gasteiger partial charge on any atom is 0.191 e. The van der Waals surface area contributed by atoms with Gasteiger partial charge in [0.15, 0.2) is 11.8 Å². The van der Waals surface area contributed by atoms with E-state index in [0.717, 1.165) is 30.6 Å². The van der Waals surface area contributed by atoms with Crippen LogP contribution in [0.1, 0.15) is 43.1 Å². The minimum atomic E-state index is 0. The maximum atomic E-state index is 4.76. The zero-order valence-electron chi connectivity index (χ0n) is 19.3. The fourth-order valence-corrected chi connectivity index (χ4v) is 3.98. The van der Waals surface area contributed by atoms with Crippen molar-refractivity contribution >= 4 is 29.9 Å². The number of aliphatic imine (C=N–C) groups is 1. The van der Waals surface area contributed by atoms with Crippen molar-refractivity contribution in [2.45, 2.75) is 45.8 Å². The second-order valence-electron chi connectivity index (χ2n) is 8.15. The Morgan fingerprint density at radius 3 is 2.39 bits per heavy atom. The van der Waals surface area contributed by atoms with Crippen LogP contribution in [0.5, 0.6) is 0 Å². The number of hydrogen-bond acceptors (Lipinski definition) is 4. The van der Waals surface area contributed by atoms with E-state index in [-0.39, 0.29) is 24.0 Å². The molecule has 7 nitrogen and oxygen atoms in total. The molecule has 3 aromatic rings. The lowest BCUT2D eigenvalue weighted by atomic mass is 10.1. The zero-order valence-corrected chi connectivity index (χ0v) is 21.6. The number of hydrogen-bond donors (Lipinski definition) is 2. The summed E-state index contributed by atoms with van der Waals surface area (Å²) in [6, 6.07) is 19.0. The van der Waals surface area contributed by atoms with Gasteiger partial charge in [-0.3, -0.25) is 9.47 Å². The summed E-state index contributed by atoms with van der Waals surface area (Å²) in [5, 5.41) is 15.0. The van der Waals surface area contributed by atoms with Crippen LogP contribution in [0.4, 0.5) is 0 Å². The first-order chi connectivity index (χ1) is 15.8. The minimum absolute atomic E-state index is 0. The fourth-order valence-electron chi connectivity index (χ4n) is 3.98. The van der Waals surface area contributed by atoms with E-state index in [2.05, 4.69) is 56.9 Å². The first kappa shape index (κ1) is 25.2. The Morgan fingerprint density at radius 1 is 0.939 bits per heavy atom. The first-order valence-electron chi connectivity index (χ1n) is 11.6. The molecular formula is C25H34IN7. The van der Waals surface area contributed by atoms with Crippen LogP contribution in [0.15, 0.2) is 65.9 Å². The summed E-state index contributed by atoms with van der Waals surface area (Å²) in [7, 11) is 0. The second kappa shape index (κ2) is 13.3. The molecule has 0 radical (unpaired) electrons. The Labute approximate surface area is 213 Å². The summed E-state index contributed by atoms with van der Waals surface area (Å²) in [6.45, 7) is 7.53. The van der Waals surface area contributed by atoms with Gasteiger partial charge >= 0.3 is 0 Å². The van der Waals surface area contributed by atoms with E-state index in [1.807, 2.05) is 34.9 Å². The van der Waals surface area contributed by atoms with Crippen molar-refractivity contribution in [2.75, 3.05) is 19.6 Å². The van der Waals surface area contributed by atoms with E-state index in [0.29, 0.717) is 13.1 Å². The Morgan fingerprint density at radius 2 is 1.67 bits per heavy atom. The molecular weight excluding hydrogens is 525 g/mol. The molecule has 0 aliphatic carbocycles. The smallest absolute Gasteiger partial charge is 0.191 e. The molecule has 1 fully saturated rings. The van der Waals surface area contributed by atoms with E-state index in [1.54, 1.807) is 6.33 Å². The lowest BCUT2D eigenvalue weighted by molar-refractivity contribution is 0.221. The maximum absolute atomic E-state index is 4.76. The molecule has 0 saturated carbocycles. The molecule has 176 valence electrons. The molecule has 1 aliphatic heterocycles. The average Bonchev–Trinajstić information content (AvgIpc) is 3.32. The van der Waals surface area contributed by atoms with Gasteiger partial charge in [-0.2, -0.15) is 0 Å². The Balaban J connectivity index is 0.00000306. The van der Waals surface area contributed by atoms with Crippen LogP contribution in [0.3, 0.4) is 0 Å². The van der Waals surface area contributed by atoms with E-state index in [9.17, 15) is 0 Å². The van der Waals surface area contributed by atoms with Gasteiger partial charge in [-0.25, -0.2) is 4.99 Å². The summed E-state index contributed by atoms with van der Waals surface area (Å²) in [5.41, 5.74) is 3.63. The summed E-state index contributed by atoms with van der Waals surface area (Å²) in [6.07, 6.45) is 5.77. The molecule has 33 heavy (non-hydrogen) atoms. The van der Waals surface area contributed by atoms with Gasteiger partial charge in [0.25, 0.3) is 0 Å². The molecule has 1 saturated heterocycles. The van der Waals surface area contributed by atoms with Gasteiger partial charge in [0.1, 0.15) is 6.33 Å². The monoisotopic (exact) mass is 559 g/mol. The summed E-state index contributed by atoms with van der Waals surface area (Å²) >= 11 is 0. The Kier molecular flexibility index (Phi) is 10.1. The number of piperidine rings is 1. The van der Waals surface area contributed by atoms with Crippen LogP contribution in [-0.2, 0) is 19.6 Å². The molecule has 0 amide bonds. The van der Waals surface area contributed by atoms with Crippen molar-refractivity contribution in [1.29, 1.82) is 0 Å². The molecule has 0 unspecified atom stereocenters. The van der Waals surface area contributed by atoms with Gasteiger partial charge in [-0.15, -0.1) is 34.2 Å². The molecule has 0 spiro atoms. The third-order valence-electron chi connectivity index (χ3n) is 5.71. The molecule has 0 atom stereocenters. The van der Waals surface area contributed by atoms with E-state index in [1.165, 1.54) is 43.5 Å². The quantitative estimate of drug-likeness (QED) is 0.247. The number of para-hydroxylation sites is 1. The number of halogens is 1. The van der Waals surface area contributed by atoms with Crippen LogP contribution >= 0.6 is 24.0 Å². The molecule has 8 heteroatoms. The summed E-state index contributed by atoms with van der Waals surface area (Å²) in [5.74, 6) is 1.61. The molecule has 2 N–H and O–H groups in total. The highest BCUT2D eigenvalue weighted by Gasteiger charge is 2.10. The van der Waals surface area contributed by atoms with Crippen molar-refractivity contribution in [3.8, 4) is 5.69 Å².